The first-order valence-corrected chi connectivity index (χ1v) is 11.1. The van der Waals surface area contributed by atoms with Gasteiger partial charge in [-0.05, 0) is 48.1 Å². The number of halogens is 1. The summed E-state index contributed by atoms with van der Waals surface area (Å²) >= 11 is 0. The van der Waals surface area contributed by atoms with Crippen molar-refractivity contribution in [3.8, 4) is 0 Å². The van der Waals surface area contributed by atoms with Crippen molar-refractivity contribution in [2.75, 3.05) is 24.5 Å². The molecule has 1 unspecified atom stereocenters. The van der Waals surface area contributed by atoms with Gasteiger partial charge in [0.1, 0.15) is 5.82 Å². The SMILES string of the molecule is CC(C)Cc1cc(F)c(/C(N=N)=N/N)c(N2CCN(Cc3cccnn3)C(C(C)C)C2)c1. The predicted molar refractivity (Wildman–Crippen MR) is 124 cm³/mol. The van der Waals surface area contributed by atoms with Crippen LogP contribution in [-0.4, -0.2) is 46.6 Å². The summed E-state index contributed by atoms with van der Waals surface area (Å²) in [5.41, 5.74) is 10.2. The van der Waals surface area contributed by atoms with Crippen LogP contribution in [0.1, 0.15) is 44.5 Å². The highest BCUT2D eigenvalue weighted by atomic mass is 19.1. The molecular weight excluding hydrogens is 407 g/mol. The van der Waals surface area contributed by atoms with E-state index >= 15 is 4.39 Å². The molecule has 32 heavy (non-hydrogen) atoms. The van der Waals surface area contributed by atoms with Crippen molar-refractivity contribution < 1.29 is 4.39 Å². The Balaban J connectivity index is 1.95. The Morgan fingerprint density at radius 3 is 2.66 bits per heavy atom. The van der Waals surface area contributed by atoms with E-state index in [9.17, 15) is 0 Å². The van der Waals surface area contributed by atoms with Gasteiger partial charge in [0, 0.05) is 38.4 Å². The third kappa shape index (κ3) is 5.45. The van der Waals surface area contributed by atoms with E-state index in [0.29, 0.717) is 30.6 Å². The van der Waals surface area contributed by atoms with Crippen LogP contribution in [0.4, 0.5) is 10.1 Å². The molecule has 0 radical (unpaired) electrons. The van der Waals surface area contributed by atoms with E-state index < -0.39 is 5.82 Å². The standard InChI is InChI=1S/C23H33FN8/c1-15(2)10-17-11-19(24)22(23(28-25)29-26)20(12-17)32-9-8-31(21(14-32)16(3)4)13-18-6-5-7-27-30-18/h5-7,11-12,15-16,21,25H,8-10,13-14,26H2,1-4H3/b28-25?,29-23-. The lowest BCUT2D eigenvalue weighted by Gasteiger charge is -2.44. The van der Waals surface area contributed by atoms with Gasteiger partial charge in [0.15, 0.2) is 0 Å². The highest BCUT2D eigenvalue weighted by molar-refractivity contribution is 6.04. The minimum absolute atomic E-state index is 0.100. The summed E-state index contributed by atoms with van der Waals surface area (Å²) in [4.78, 5) is 4.59. The molecule has 0 bridgehead atoms. The van der Waals surface area contributed by atoms with Crippen LogP contribution in [0.2, 0.25) is 0 Å². The van der Waals surface area contributed by atoms with Crippen molar-refractivity contribution >= 4 is 11.5 Å². The molecule has 1 aliphatic heterocycles. The maximum atomic E-state index is 15.2. The highest BCUT2D eigenvalue weighted by Crippen LogP contribution is 2.31. The smallest absolute Gasteiger partial charge is 0.204 e. The molecule has 1 fully saturated rings. The maximum absolute atomic E-state index is 15.2. The van der Waals surface area contributed by atoms with Crippen molar-refractivity contribution in [3.05, 3.63) is 53.1 Å². The summed E-state index contributed by atoms with van der Waals surface area (Å²) in [6.07, 6.45) is 2.44. The van der Waals surface area contributed by atoms with Crippen molar-refractivity contribution in [2.45, 2.75) is 46.7 Å². The molecule has 172 valence electrons. The number of rotatable bonds is 7. The zero-order valence-electron chi connectivity index (χ0n) is 19.3. The normalized spacial score (nSPS) is 17.9. The predicted octanol–water partition coefficient (Wildman–Crippen LogP) is 3.81. The lowest BCUT2D eigenvalue weighted by atomic mass is 9.96. The Labute approximate surface area is 189 Å². The fraction of sp³-hybridized carbons (Fsp3) is 0.522. The fourth-order valence-corrected chi connectivity index (χ4v) is 4.38. The Hall–Kier alpha value is -2.94. The third-order valence-electron chi connectivity index (χ3n) is 5.86. The van der Waals surface area contributed by atoms with Crippen LogP contribution in [0.25, 0.3) is 0 Å². The monoisotopic (exact) mass is 440 g/mol. The number of nitrogens with one attached hydrogen (secondary N) is 1. The zero-order chi connectivity index (χ0) is 23.3. The van der Waals surface area contributed by atoms with Crippen LogP contribution >= 0.6 is 0 Å². The number of aromatic nitrogens is 2. The molecule has 3 rings (SSSR count). The topological polar surface area (TPSA) is 107 Å². The molecule has 2 heterocycles. The number of hydrazone groups is 1. The van der Waals surface area contributed by atoms with Gasteiger partial charge in [-0.3, -0.25) is 4.90 Å². The van der Waals surface area contributed by atoms with Gasteiger partial charge >= 0.3 is 0 Å². The van der Waals surface area contributed by atoms with Crippen LogP contribution < -0.4 is 10.7 Å². The van der Waals surface area contributed by atoms with Crippen LogP contribution in [-0.2, 0) is 13.0 Å². The van der Waals surface area contributed by atoms with E-state index in [1.54, 1.807) is 6.20 Å². The number of benzene rings is 1. The van der Waals surface area contributed by atoms with E-state index in [-0.39, 0.29) is 17.4 Å². The van der Waals surface area contributed by atoms with E-state index in [1.807, 2.05) is 18.2 Å². The van der Waals surface area contributed by atoms with E-state index in [0.717, 1.165) is 30.8 Å². The van der Waals surface area contributed by atoms with Gasteiger partial charge in [0.2, 0.25) is 5.84 Å². The van der Waals surface area contributed by atoms with Gasteiger partial charge in [-0.1, -0.05) is 27.7 Å². The Morgan fingerprint density at radius 1 is 1.28 bits per heavy atom. The van der Waals surface area contributed by atoms with Crippen LogP contribution in [0.15, 0.2) is 40.7 Å². The third-order valence-corrected chi connectivity index (χ3v) is 5.86. The van der Waals surface area contributed by atoms with Gasteiger partial charge in [-0.2, -0.15) is 15.3 Å². The molecule has 1 atom stereocenters. The highest BCUT2D eigenvalue weighted by Gasteiger charge is 2.32. The summed E-state index contributed by atoms with van der Waals surface area (Å²) < 4.78 is 15.2. The number of hydrogen-bond acceptors (Lipinski definition) is 7. The van der Waals surface area contributed by atoms with Crippen LogP contribution in [0.3, 0.4) is 0 Å². The largest absolute Gasteiger partial charge is 0.368 e. The first-order chi connectivity index (χ1) is 15.3. The first-order valence-electron chi connectivity index (χ1n) is 11.1. The molecule has 9 heteroatoms. The van der Waals surface area contributed by atoms with Gasteiger partial charge in [0.05, 0.1) is 16.9 Å². The summed E-state index contributed by atoms with van der Waals surface area (Å²) in [5, 5.41) is 15.2. The number of piperazine rings is 1. The number of nitrogens with zero attached hydrogens (tertiary/aromatic N) is 6. The van der Waals surface area contributed by atoms with Crippen molar-refractivity contribution in [3.63, 3.8) is 0 Å². The van der Waals surface area contributed by atoms with Gasteiger partial charge < -0.3 is 10.7 Å². The Kier molecular flexibility index (Phi) is 7.84. The van der Waals surface area contributed by atoms with Gasteiger partial charge in [-0.15, -0.1) is 5.11 Å². The molecule has 1 aromatic heterocycles. The lowest BCUT2D eigenvalue weighted by molar-refractivity contribution is 0.128. The number of anilines is 1. The minimum Gasteiger partial charge on any atom is -0.368 e. The molecular formula is C23H33FN8. The van der Waals surface area contributed by atoms with Gasteiger partial charge in [-0.25, -0.2) is 9.92 Å². The second kappa shape index (κ2) is 10.6. The quantitative estimate of drug-likeness (QED) is 0.224. The van der Waals surface area contributed by atoms with Crippen LogP contribution in [0, 0.1) is 23.2 Å². The molecule has 0 spiro atoms. The molecule has 2 aromatic rings. The number of amidine groups is 1. The second-order valence-corrected chi connectivity index (χ2v) is 9.08. The summed E-state index contributed by atoms with van der Waals surface area (Å²) in [6, 6.07) is 7.64. The second-order valence-electron chi connectivity index (χ2n) is 9.08. The Morgan fingerprint density at radius 2 is 2.06 bits per heavy atom. The van der Waals surface area contributed by atoms with E-state index in [2.05, 4.69) is 57.9 Å². The van der Waals surface area contributed by atoms with Crippen molar-refractivity contribution in [2.24, 2.45) is 27.9 Å². The maximum Gasteiger partial charge on any atom is 0.204 e. The van der Waals surface area contributed by atoms with Crippen molar-refractivity contribution in [1.82, 2.24) is 15.1 Å². The Bertz CT molecular complexity index is 945. The molecule has 0 aliphatic carbocycles. The molecule has 3 N–H and O–H groups in total. The molecule has 1 aromatic carbocycles. The minimum atomic E-state index is -0.443. The summed E-state index contributed by atoms with van der Waals surface area (Å²) in [7, 11) is 0. The zero-order valence-corrected chi connectivity index (χ0v) is 19.3. The fourth-order valence-electron chi connectivity index (χ4n) is 4.38. The lowest BCUT2D eigenvalue weighted by Crippen LogP contribution is -2.55. The first kappa shape index (κ1) is 23.7. The van der Waals surface area contributed by atoms with Crippen molar-refractivity contribution in [1.29, 1.82) is 5.53 Å². The number of hydrogen-bond donors (Lipinski definition) is 2. The molecule has 0 saturated carbocycles. The average molecular weight is 441 g/mol. The van der Waals surface area contributed by atoms with E-state index in [1.165, 1.54) is 6.07 Å². The molecule has 1 saturated heterocycles. The van der Waals surface area contributed by atoms with Gasteiger partial charge in [0.25, 0.3) is 0 Å². The van der Waals surface area contributed by atoms with E-state index in [4.69, 9.17) is 11.4 Å². The molecule has 1 aliphatic rings. The molecule has 0 amide bonds. The average Bonchev–Trinajstić information content (AvgIpc) is 2.76. The molecule has 8 nitrogen and oxygen atoms in total. The summed E-state index contributed by atoms with van der Waals surface area (Å²) in [6.45, 7) is 11.5. The summed E-state index contributed by atoms with van der Waals surface area (Å²) in [5.74, 6) is 5.68. The number of nitrogens with two attached hydrogens (primary N) is 1. The van der Waals surface area contributed by atoms with Crippen LogP contribution in [0.5, 0.6) is 0 Å².